The van der Waals surface area contributed by atoms with Crippen LogP contribution >= 0.6 is 0 Å². The molecule has 0 atom stereocenters. The Kier molecular flexibility index (Phi) is 7.61. The van der Waals surface area contributed by atoms with Crippen LogP contribution in [0.4, 0.5) is 11.5 Å². The van der Waals surface area contributed by atoms with E-state index in [0.717, 1.165) is 53.0 Å². The smallest absolute Gasteiger partial charge is 0.250 e. The molecule has 218 valence electrons. The average molecular weight is 585 g/mol. The number of benzene rings is 1. The predicted molar refractivity (Wildman–Crippen MR) is 167 cm³/mol. The summed E-state index contributed by atoms with van der Waals surface area (Å²) >= 11 is 0. The maximum absolute atomic E-state index is 10.9. The van der Waals surface area contributed by atoms with Gasteiger partial charge in [0.05, 0.1) is 23.0 Å². The van der Waals surface area contributed by atoms with Crippen molar-refractivity contribution in [2.24, 2.45) is 5.73 Å². The first kappa shape index (κ1) is 28.0. The van der Waals surface area contributed by atoms with Crippen molar-refractivity contribution in [3.05, 3.63) is 115 Å². The number of carbonyl (C=O) groups excluding carboxylic acids is 2. The number of pyridine rings is 3. The minimum Gasteiger partial charge on any atom is -0.383 e. The van der Waals surface area contributed by atoms with Crippen LogP contribution in [0.25, 0.3) is 34.1 Å². The number of anilines is 2. The number of aromatic nitrogens is 7. The number of fused-ring (bicyclic) bond motifs is 2. The van der Waals surface area contributed by atoms with Crippen LogP contribution in [0.5, 0.6) is 0 Å². The Morgan fingerprint density at radius 2 is 1.84 bits per heavy atom. The molecule has 0 radical (unpaired) electrons. The zero-order valence-electron chi connectivity index (χ0n) is 23.6. The number of imidazole rings is 1. The number of nitrogens with two attached hydrogens (primary N) is 2. The molecular weight excluding hydrogens is 556 g/mol. The van der Waals surface area contributed by atoms with E-state index in [9.17, 15) is 9.59 Å². The van der Waals surface area contributed by atoms with Crippen molar-refractivity contribution in [1.29, 1.82) is 0 Å². The lowest BCUT2D eigenvalue weighted by atomic mass is 10.1. The monoisotopic (exact) mass is 584 g/mol. The van der Waals surface area contributed by atoms with Crippen LogP contribution in [0.15, 0.2) is 98.2 Å². The minimum atomic E-state index is -0.619. The third-order valence-corrected chi connectivity index (χ3v) is 7.18. The number of hydrogen-bond donors (Lipinski definition) is 3. The molecule has 5 aromatic heterocycles. The van der Waals surface area contributed by atoms with Gasteiger partial charge in [-0.3, -0.25) is 19.1 Å². The van der Waals surface area contributed by atoms with E-state index in [0.29, 0.717) is 5.82 Å². The molecule has 44 heavy (non-hydrogen) atoms. The number of nitrogen functional groups attached to an aromatic ring is 1. The van der Waals surface area contributed by atoms with E-state index in [1.165, 1.54) is 36.0 Å². The van der Waals surface area contributed by atoms with Crippen molar-refractivity contribution in [2.75, 3.05) is 11.1 Å². The number of amides is 2. The van der Waals surface area contributed by atoms with Crippen LogP contribution in [0, 0.1) is 0 Å². The minimum absolute atomic E-state index is 0.218. The van der Waals surface area contributed by atoms with Crippen LogP contribution < -0.4 is 16.8 Å². The van der Waals surface area contributed by atoms with Crippen LogP contribution in [-0.4, -0.2) is 46.1 Å². The summed E-state index contributed by atoms with van der Waals surface area (Å²) in [5.74, 6) is 0.883. The first-order valence-corrected chi connectivity index (χ1v) is 13.8. The van der Waals surface area contributed by atoms with Gasteiger partial charge in [-0.15, -0.1) is 0 Å². The van der Waals surface area contributed by atoms with Gasteiger partial charge in [-0.25, -0.2) is 19.6 Å². The lowest BCUT2D eigenvalue weighted by molar-refractivity contribution is -0.111. The quantitative estimate of drug-likeness (QED) is 0.246. The summed E-state index contributed by atoms with van der Waals surface area (Å²) in [5, 5.41) is 6.74. The van der Waals surface area contributed by atoms with Crippen molar-refractivity contribution in [2.45, 2.75) is 19.3 Å². The van der Waals surface area contributed by atoms with E-state index in [1.54, 1.807) is 17.1 Å². The molecule has 0 saturated heterocycles. The lowest BCUT2D eigenvalue weighted by Crippen LogP contribution is -2.16. The summed E-state index contributed by atoms with van der Waals surface area (Å²) in [7, 11) is 0. The van der Waals surface area contributed by atoms with Gasteiger partial charge >= 0.3 is 0 Å². The second-order valence-electron chi connectivity index (χ2n) is 9.96. The molecule has 5 heterocycles. The molecule has 12 heteroatoms. The average Bonchev–Trinajstić information content (AvgIpc) is 3.81. The van der Waals surface area contributed by atoms with Gasteiger partial charge in [0.15, 0.2) is 17.3 Å². The van der Waals surface area contributed by atoms with Crippen LogP contribution in [-0.2, 0) is 17.6 Å². The third-order valence-electron chi connectivity index (χ3n) is 7.18. The molecule has 7 rings (SSSR count). The molecule has 0 spiro atoms. The number of rotatable bonds is 6. The zero-order valence-corrected chi connectivity index (χ0v) is 23.6. The molecule has 1 aromatic carbocycles. The standard InChI is InChI=1S/C23H19N7.C9H9N3O2/c24-21-18(6-2-11-25-21)22-27-19-9-10-20(29-13-3-12-26-29)28-23(19)30(22)17-8-7-15-4-1-5-16(15)14-17;1-2-8(13)12-7-5-11-4-3-6(7)9(10)14/h2-3,6-14H,1,4-5H2,(H2,24,25);2-5H,1H2,(H2,10,14)(H,12,13). The van der Waals surface area contributed by atoms with Crippen LogP contribution in [0.2, 0.25) is 0 Å². The van der Waals surface area contributed by atoms with Crippen molar-refractivity contribution >= 4 is 34.5 Å². The van der Waals surface area contributed by atoms with E-state index in [2.05, 4.69) is 49.7 Å². The summed E-state index contributed by atoms with van der Waals surface area (Å²) in [5.41, 5.74) is 18.0. The molecular formula is C32H28N10O2. The van der Waals surface area contributed by atoms with Gasteiger partial charge in [-0.05, 0) is 85.0 Å². The summed E-state index contributed by atoms with van der Waals surface area (Å²) in [6.45, 7) is 3.28. The highest BCUT2D eigenvalue weighted by Gasteiger charge is 2.20. The van der Waals surface area contributed by atoms with Crippen LogP contribution in [0.3, 0.4) is 0 Å². The Labute approximate surface area is 252 Å². The number of carbonyl (C=O) groups is 2. The van der Waals surface area contributed by atoms with Crippen molar-refractivity contribution in [1.82, 2.24) is 34.3 Å². The van der Waals surface area contributed by atoms with E-state index >= 15 is 0 Å². The van der Waals surface area contributed by atoms with E-state index < -0.39 is 11.8 Å². The maximum atomic E-state index is 10.9. The van der Waals surface area contributed by atoms with Gasteiger partial charge in [0.25, 0.3) is 5.91 Å². The summed E-state index contributed by atoms with van der Waals surface area (Å²) < 4.78 is 3.83. The zero-order chi connectivity index (χ0) is 30.6. The van der Waals surface area contributed by atoms with E-state index in [4.69, 9.17) is 21.4 Å². The lowest BCUT2D eigenvalue weighted by Gasteiger charge is -2.12. The second-order valence-corrected chi connectivity index (χ2v) is 9.96. The molecule has 0 saturated carbocycles. The normalized spacial score (nSPS) is 11.8. The first-order chi connectivity index (χ1) is 21.4. The van der Waals surface area contributed by atoms with Gasteiger partial charge in [0.2, 0.25) is 5.91 Å². The maximum Gasteiger partial charge on any atom is 0.250 e. The third kappa shape index (κ3) is 5.51. The topological polar surface area (TPSA) is 173 Å². The highest BCUT2D eigenvalue weighted by Crippen LogP contribution is 2.32. The number of nitrogens with one attached hydrogen (secondary N) is 1. The fourth-order valence-electron chi connectivity index (χ4n) is 5.10. The SMILES string of the molecule is C=CC(=O)Nc1cnccc1C(N)=O.Nc1ncccc1-c1nc2ccc(-n3cccn3)nc2n1-c1ccc2c(c1)CCC2. The molecule has 0 aliphatic heterocycles. The van der Waals surface area contributed by atoms with Crippen molar-refractivity contribution in [3.8, 4) is 22.9 Å². The Hall–Kier alpha value is -6.17. The van der Waals surface area contributed by atoms with E-state index in [1.807, 2.05) is 36.5 Å². The first-order valence-electron chi connectivity index (χ1n) is 13.8. The highest BCUT2D eigenvalue weighted by molar-refractivity contribution is 6.05. The van der Waals surface area contributed by atoms with Gasteiger partial charge in [-0.2, -0.15) is 5.10 Å². The molecule has 2 amide bonds. The van der Waals surface area contributed by atoms with Gasteiger partial charge in [0, 0.05) is 30.5 Å². The molecule has 5 N–H and O–H groups in total. The molecule has 12 nitrogen and oxygen atoms in total. The molecule has 1 aliphatic carbocycles. The fraction of sp³-hybridized carbons (Fsp3) is 0.0938. The molecule has 0 fully saturated rings. The van der Waals surface area contributed by atoms with Gasteiger partial charge < -0.3 is 16.8 Å². The largest absolute Gasteiger partial charge is 0.383 e. The predicted octanol–water partition coefficient (Wildman–Crippen LogP) is 4.04. The Bertz CT molecular complexity index is 2010. The number of hydrogen-bond acceptors (Lipinski definition) is 8. The van der Waals surface area contributed by atoms with Gasteiger partial charge in [-0.1, -0.05) is 12.6 Å². The highest BCUT2D eigenvalue weighted by atomic mass is 16.2. The molecule has 6 aromatic rings. The second kappa shape index (κ2) is 12.0. The number of primary amides is 1. The summed E-state index contributed by atoms with van der Waals surface area (Å²) in [4.78, 5) is 39.7. The summed E-state index contributed by atoms with van der Waals surface area (Å²) in [6, 6.07) is 17.6. The summed E-state index contributed by atoms with van der Waals surface area (Å²) in [6.07, 6.45) is 12.6. The Balaban J connectivity index is 0.000000208. The van der Waals surface area contributed by atoms with Crippen molar-refractivity contribution < 1.29 is 9.59 Å². The van der Waals surface area contributed by atoms with Crippen molar-refractivity contribution in [3.63, 3.8) is 0 Å². The number of aryl methyl sites for hydroxylation is 2. The Morgan fingerprint density at radius 3 is 2.61 bits per heavy atom. The van der Waals surface area contributed by atoms with Gasteiger partial charge in [0.1, 0.15) is 11.3 Å². The fourth-order valence-corrected chi connectivity index (χ4v) is 5.10. The number of nitrogens with zero attached hydrogens (tertiary/aromatic N) is 7. The van der Waals surface area contributed by atoms with E-state index in [-0.39, 0.29) is 11.3 Å². The molecule has 0 unspecified atom stereocenters. The molecule has 1 aliphatic rings. The molecule has 0 bridgehead atoms. The van der Waals surface area contributed by atoms with Crippen LogP contribution in [0.1, 0.15) is 27.9 Å². The Morgan fingerprint density at radius 1 is 0.977 bits per heavy atom.